The zero-order chi connectivity index (χ0) is 25.3. The van der Waals surface area contributed by atoms with Crippen molar-refractivity contribution in [3.05, 3.63) is 53.8 Å². The van der Waals surface area contributed by atoms with Gasteiger partial charge in [0.1, 0.15) is 0 Å². The normalized spacial score (nSPS) is 12.1. The van der Waals surface area contributed by atoms with E-state index in [1.807, 2.05) is 46.9 Å². The molecule has 2 aromatic rings. The Kier molecular flexibility index (Phi) is 9.42. The first kappa shape index (κ1) is 26.6. The highest BCUT2D eigenvalue weighted by atomic mass is 19.4. The zero-order valence-corrected chi connectivity index (χ0v) is 19.9. The van der Waals surface area contributed by atoms with Crippen LogP contribution in [-0.4, -0.2) is 51.9 Å². The monoisotopic (exact) mass is 474 g/mol. The van der Waals surface area contributed by atoms with E-state index in [0.717, 1.165) is 18.8 Å². The number of aromatic nitrogens is 3. The number of hydrogen-bond acceptors (Lipinski definition) is 6. The number of pyridine rings is 1. The van der Waals surface area contributed by atoms with Crippen molar-refractivity contribution in [1.29, 1.82) is 0 Å². The summed E-state index contributed by atoms with van der Waals surface area (Å²) in [6.07, 6.45) is 1.18. The molecule has 0 aliphatic rings. The Morgan fingerprint density at radius 3 is 2.50 bits per heavy atom. The Bertz CT molecular complexity index is 1060. The topological polar surface area (TPSA) is 74.2 Å². The first-order valence-electron chi connectivity index (χ1n) is 10.9. The van der Waals surface area contributed by atoms with Crippen molar-refractivity contribution in [1.82, 2.24) is 19.9 Å². The highest BCUT2D eigenvalue weighted by Crippen LogP contribution is 2.28. The molecule has 2 rings (SSSR count). The summed E-state index contributed by atoms with van der Waals surface area (Å²) in [5.41, 5.74) is 0.716. The maximum Gasteiger partial charge on any atom is 0.419 e. The molecule has 0 spiro atoms. The quantitative estimate of drug-likeness (QED) is 0.567. The van der Waals surface area contributed by atoms with Gasteiger partial charge in [0.2, 0.25) is 5.95 Å². The fourth-order valence-corrected chi connectivity index (χ4v) is 3.09. The number of nitrogens with one attached hydrogen (secondary N) is 1. The van der Waals surface area contributed by atoms with E-state index < -0.39 is 11.7 Å². The van der Waals surface area contributed by atoms with Crippen molar-refractivity contribution in [2.45, 2.75) is 46.3 Å². The maximum atomic E-state index is 13.4. The number of amides is 1. The van der Waals surface area contributed by atoms with Gasteiger partial charge in [0.05, 0.1) is 11.3 Å². The van der Waals surface area contributed by atoms with Crippen LogP contribution in [0.3, 0.4) is 0 Å². The van der Waals surface area contributed by atoms with Crippen molar-refractivity contribution in [2.24, 2.45) is 0 Å². The molecule has 0 radical (unpaired) electrons. The van der Waals surface area contributed by atoms with Gasteiger partial charge in [-0.15, -0.1) is 0 Å². The van der Waals surface area contributed by atoms with Gasteiger partial charge in [-0.3, -0.25) is 4.79 Å². The van der Waals surface area contributed by atoms with E-state index in [1.54, 1.807) is 22.1 Å². The molecule has 10 heteroatoms. The van der Waals surface area contributed by atoms with E-state index in [2.05, 4.69) is 32.1 Å². The van der Waals surface area contributed by atoms with Gasteiger partial charge in [0.25, 0.3) is 5.91 Å². The average Bonchev–Trinajstić information content (AvgIpc) is 2.80. The standard InChI is InChI=1S/C24H29F3N6O/c1-6-8-9-10-13-32(5)20-12-11-17(3)31-21(20)22(34)33(7-2)18(4)14-28-23-29-15-19(16-30-23)24(25,26)27/h10-13,15-16,18H,6-7,14H2,1-5H3,(H,28,29,30)/b13-10-/t18-/m0/s1. The average molecular weight is 475 g/mol. The summed E-state index contributed by atoms with van der Waals surface area (Å²) in [6.45, 7) is 8.11. The first-order chi connectivity index (χ1) is 16.1. The molecule has 0 aliphatic carbocycles. The SMILES string of the molecule is CCC#C/C=C\N(C)c1ccc(C)nc1C(=O)N(CC)[C@@H](C)CNc1ncc(C(F)(F)F)cn1. The van der Waals surface area contributed by atoms with Gasteiger partial charge in [0, 0.05) is 63.0 Å². The highest BCUT2D eigenvalue weighted by Gasteiger charge is 2.31. The highest BCUT2D eigenvalue weighted by molar-refractivity contribution is 5.98. The first-order valence-corrected chi connectivity index (χ1v) is 10.9. The predicted octanol–water partition coefficient (Wildman–Crippen LogP) is 4.52. The van der Waals surface area contributed by atoms with Gasteiger partial charge in [-0.1, -0.05) is 18.8 Å². The molecule has 0 aliphatic heterocycles. The molecular weight excluding hydrogens is 445 g/mol. The summed E-state index contributed by atoms with van der Waals surface area (Å²) < 4.78 is 38.1. The number of carbonyl (C=O) groups is 1. The van der Waals surface area contributed by atoms with Crippen LogP contribution in [0.4, 0.5) is 24.8 Å². The summed E-state index contributed by atoms with van der Waals surface area (Å²) in [4.78, 5) is 28.8. The van der Waals surface area contributed by atoms with Gasteiger partial charge in [-0.25, -0.2) is 15.0 Å². The van der Waals surface area contributed by atoms with E-state index in [1.165, 1.54) is 0 Å². The Hall–Kier alpha value is -3.61. The lowest BCUT2D eigenvalue weighted by molar-refractivity contribution is -0.138. The van der Waals surface area contributed by atoms with Crippen molar-refractivity contribution in [2.75, 3.05) is 30.4 Å². The third kappa shape index (κ3) is 7.20. The molecule has 1 amide bonds. The number of rotatable bonds is 8. The number of hydrogen-bond donors (Lipinski definition) is 1. The zero-order valence-electron chi connectivity index (χ0n) is 19.9. The number of likely N-dealkylation sites (N-methyl/N-ethyl adjacent to an activating group) is 1. The van der Waals surface area contributed by atoms with Crippen LogP contribution in [0.1, 0.15) is 48.9 Å². The predicted molar refractivity (Wildman–Crippen MR) is 126 cm³/mol. The number of nitrogens with zero attached hydrogens (tertiary/aromatic N) is 5. The largest absolute Gasteiger partial charge is 0.419 e. The maximum absolute atomic E-state index is 13.4. The van der Waals surface area contributed by atoms with Crippen LogP contribution < -0.4 is 10.2 Å². The van der Waals surface area contributed by atoms with E-state index in [9.17, 15) is 18.0 Å². The van der Waals surface area contributed by atoms with Gasteiger partial charge in [0.15, 0.2) is 5.69 Å². The minimum absolute atomic E-state index is 0.0516. The van der Waals surface area contributed by atoms with Gasteiger partial charge in [-0.05, 0) is 32.9 Å². The lowest BCUT2D eigenvalue weighted by Crippen LogP contribution is -2.43. The summed E-state index contributed by atoms with van der Waals surface area (Å²) in [7, 11) is 1.82. The second-order valence-electron chi connectivity index (χ2n) is 7.54. The second kappa shape index (κ2) is 12.0. The fraction of sp³-hybridized carbons (Fsp3) is 0.417. The molecule has 2 aromatic heterocycles. The van der Waals surface area contributed by atoms with Gasteiger partial charge in [-0.2, -0.15) is 13.2 Å². The molecule has 0 saturated carbocycles. The molecule has 0 saturated heterocycles. The third-order valence-corrected chi connectivity index (χ3v) is 4.92. The van der Waals surface area contributed by atoms with Gasteiger partial charge >= 0.3 is 6.18 Å². The number of alkyl halides is 3. The summed E-state index contributed by atoms with van der Waals surface area (Å²) in [6, 6.07) is 3.35. The van der Waals surface area contributed by atoms with Crippen LogP contribution >= 0.6 is 0 Å². The van der Waals surface area contributed by atoms with Gasteiger partial charge < -0.3 is 15.1 Å². The summed E-state index contributed by atoms with van der Waals surface area (Å²) in [5.74, 6) is 5.67. The van der Waals surface area contributed by atoms with Crippen LogP contribution in [0.5, 0.6) is 0 Å². The number of anilines is 2. The van der Waals surface area contributed by atoms with Crippen LogP contribution in [0, 0.1) is 18.8 Å². The number of carbonyl (C=O) groups excluding carboxylic acids is 1. The smallest absolute Gasteiger partial charge is 0.352 e. The van der Waals surface area contributed by atoms with Crippen molar-refractivity contribution >= 4 is 17.5 Å². The Morgan fingerprint density at radius 2 is 1.91 bits per heavy atom. The van der Waals surface area contributed by atoms with Crippen LogP contribution in [-0.2, 0) is 6.18 Å². The third-order valence-electron chi connectivity index (χ3n) is 4.92. The van der Waals surface area contributed by atoms with E-state index in [-0.39, 0.29) is 24.4 Å². The molecule has 0 aromatic carbocycles. The lowest BCUT2D eigenvalue weighted by atomic mass is 10.2. The van der Waals surface area contributed by atoms with Crippen LogP contribution in [0.2, 0.25) is 0 Å². The molecule has 182 valence electrons. The Labute approximate surface area is 198 Å². The molecule has 1 N–H and O–H groups in total. The number of halogens is 3. The molecular formula is C24H29F3N6O. The molecule has 0 bridgehead atoms. The molecule has 0 fully saturated rings. The Balaban J connectivity index is 2.17. The lowest BCUT2D eigenvalue weighted by Gasteiger charge is -2.29. The summed E-state index contributed by atoms with van der Waals surface area (Å²) in [5, 5.41) is 2.89. The summed E-state index contributed by atoms with van der Waals surface area (Å²) >= 11 is 0. The molecule has 34 heavy (non-hydrogen) atoms. The minimum Gasteiger partial charge on any atom is -0.352 e. The molecule has 0 unspecified atom stereocenters. The number of aryl methyl sites for hydroxylation is 1. The van der Waals surface area contributed by atoms with Crippen molar-refractivity contribution in [3.8, 4) is 11.8 Å². The van der Waals surface area contributed by atoms with E-state index >= 15 is 0 Å². The van der Waals surface area contributed by atoms with E-state index in [0.29, 0.717) is 23.6 Å². The number of allylic oxidation sites excluding steroid dienone is 1. The van der Waals surface area contributed by atoms with Crippen LogP contribution in [0.15, 0.2) is 36.8 Å². The molecule has 1 atom stereocenters. The molecule has 2 heterocycles. The molecule has 7 nitrogen and oxygen atoms in total. The fourth-order valence-electron chi connectivity index (χ4n) is 3.09. The minimum atomic E-state index is -4.50. The Morgan fingerprint density at radius 1 is 1.24 bits per heavy atom. The van der Waals surface area contributed by atoms with Crippen molar-refractivity contribution in [3.63, 3.8) is 0 Å². The second-order valence-corrected chi connectivity index (χ2v) is 7.54. The van der Waals surface area contributed by atoms with Crippen molar-refractivity contribution < 1.29 is 18.0 Å². The van der Waals surface area contributed by atoms with E-state index in [4.69, 9.17) is 0 Å². The van der Waals surface area contributed by atoms with Crippen LogP contribution in [0.25, 0.3) is 0 Å².